The van der Waals surface area contributed by atoms with E-state index in [4.69, 9.17) is 11.1 Å². The van der Waals surface area contributed by atoms with Crippen molar-refractivity contribution in [2.75, 3.05) is 46.7 Å². The van der Waals surface area contributed by atoms with Gasteiger partial charge in [0.2, 0.25) is 0 Å². The summed E-state index contributed by atoms with van der Waals surface area (Å²) in [6, 6.07) is 11.5. The molecule has 0 heterocycles. The fraction of sp³-hybridized carbons (Fsp3) is 0.441. The van der Waals surface area contributed by atoms with Gasteiger partial charge in [-0.25, -0.2) is 0 Å². The quantitative estimate of drug-likeness (QED) is 0.293. The van der Waals surface area contributed by atoms with Gasteiger partial charge >= 0.3 is 0 Å². The zero-order chi connectivity index (χ0) is 32.0. The van der Waals surface area contributed by atoms with Gasteiger partial charge in [0.1, 0.15) is 17.3 Å². The van der Waals surface area contributed by atoms with Gasteiger partial charge in [0.25, 0.3) is 5.91 Å². The molecule has 4 atom stereocenters. The number of aliphatic hydroxyl groups excluding tert-OH is 2. The normalized spacial score (nSPS) is 23.2. The molecule has 0 aliphatic heterocycles. The Balaban J connectivity index is 1.49. The first-order valence-electron chi connectivity index (χ1n) is 15.1. The Bertz CT molecular complexity index is 1560. The van der Waals surface area contributed by atoms with Crippen LogP contribution < -0.4 is 10.6 Å². The molecule has 10 heteroatoms. The first-order valence-corrected chi connectivity index (χ1v) is 15.1. The van der Waals surface area contributed by atoms with Crippen molar-refractivity contribution in [1.29, 1.82) is 5.41 Å². The SMILES string of the molecule is CN(CCCc1cc(N(C)C)c2c(c1O)C(O)=C1C(=O)C3C(=N)C(C(N)=O)=C(O)[C@@H](N(C)C)C3CC1C2)Cc1ccccc1. The number of anilines is 1. The van der Waals surface area contributed by atoms with E-state index < -0.39 is 29.6 Å². The number of rotatable bonds is 9. The van der Waals surface area contributed by atoms with E-state index in [1.165, 1.54) is 5.56 Å². The Morgan fingerprint density at radius 2 is 1.75 bits per heavy atom. The topological polar surface area (TPSA) is 154 Å². The molecule has 0 aromatic heterocycles. The lowest BCUT2D eigenvalue weighted by molar-refractivity contribution is -0.122. The highest BCUT2D eigenvalue weighted by atomic mass is 16.3. The van der Waals surface area contributed by atoms with Gasteiger partial charge in [-0.1, -0.05) is 30.3 Å². The molecule has 2 aromatic rings. The van der Waals surface area contributed by atoms with Crippen molar-refractivity contribution in [3.8, 4) is 5.75 Å². The number of aryl methyl sites for hydroxylation is 1. The van der Waals surface area contributed by atoms with E-state index in [0.29, 0.717) is 24.8 Å². The Morgan fingerprint density at radius 1 is 1.07 bits per heavy atom. The van der Waals surface area contributed by atoms with E-state index in [1.54, 1.807) is 19.0 Å². The number of carbonyl (C=O) groups excluding carboxylic acids is 2. The largest absolute Gasteiger partial charge is 0.510 e. The predicted molar refractivity (Wildman–Crippen MR) is 171 cm³/mol. The number of nitrogens with one attached hydrogen (secondary N) is 1. The maximum absolute atomic E-state index is 14.1. The number of amides is 1. The van der Waals surface area contributed by atoms with E-state index in [9.17, 15) is 24.9 Å². The molecular weight excluding hydrogens is 558 g/mol. The number of nitrogens with two attached hydrogens (primary N) is 1. The van der Waals surface area contributed by atoms with Crippen LogP contribution in [0.3, 0.4) is 0 Å². The molecule has 3 aliphatic carbocycles. The second-order valence-electron chi connectivity index (χ2n) is 12.8. The molecule has 1 saturated carbocycles. The predicted octanol–water partition coefficient (Wildman–Crippen LogP) is 3.43. The summed E-state index contributed by atoms with van der Waals surface area (Å²) in [4.78, 5) is 32.3. The van der Waals surface area contributed by atoms with E-state index in [1.807, 2.05) is 43.3 Å². The molecule has 44 heavy (non-hydrogen) atoms. The van der Waals surface area contributed by atoms with Crippen molar-refractivity contribution in [3.05, 3.63) is 75.6 Å². The Morgan fingerprint density at radius 3 is 2.36 bits per heavy atom. The molecule has 3 aliphatic rings. The molecule has 0 spiro atoms. The van der Waals surface area contributed by atoms with Crippen LogP contribution in [-0.2, 0) is 29.0 Å². The van der Waals surface area contributed by atoms with E-state index in [0.717, 1.165) is 30.8 Å². The minimum atomic E-state index is -1.05. The molecule has 1 amide bonds. The van der Waals surface area contributed by atoms with Gasteiger partial charge in [0.15, 0.2) is 5.78 Å². The highest BCUT2D eigenvalue weighted by Gasteiger charge is 2.54. The van der Waals surface area contributed by atoms with Gasteiger partial charge in [0, 0.05) is 31.9 Å². The summed E-state index contributed by atoms with van der Waals surface area (Å²) in [6.07, 6.45) is 2.16. The van der Waals surface area contributed by atoms with Crippen LogP contribution in [0.2, 0.25) is 0 Å². The molecular formula is C34H43N5O5. The maximum atomic E-state index is 14.1. The molecule has 2 aromatic carbocycles. The van der Waals surface area contributed by atoms with Crippen LogP contribution in [0.4, 0.5) is 5.69 Å². The number of Topliss-reactive ketones (excluding diaryl/α,β-unsaturated/α-hetero) is 1. The minimum Gasteiger partial charge on any atom is -0.510 e. The van der Waals surface area contributed by atoms with Crippen LogP contribution in [0.1, 0.15) is 35.1 Å². The summed E-state index contributed by atoms with van der Waals surface area (Å²) in [6.45, 7) is 1.61. The Labute approximate surface area is 258 Å². The molecule has 5 rings (SSSR count). The molecule has 1 fully saturated rings. The van der Waals surface area contributed by atoms with Crippen LogP contribution in [0, 0.1) is 23.2 Å². The number of hydrogen-bond donors (Lipinski definition) is 5. The van der Waals surface area contributed by atoms with Crippen LogP contribution in [0.5, 0.6) is 5.75 Å². The average molecular weight is 602 g/mol. The Kier molecular flexibility index (Phi) is 8.59. The number of ketones is 1. The zero-order valence-electron chi connectivity index (χ0n) is 26.1. The zero-order valence-corrected chi connectivity index (χ0v) is 26.1. The number of benzene rings is 2. The molecule has 0 saturated heterocycles. The van der Waals surface area contributed by atoms with Crippen molar-refractivity contribution in [1.82, 2.24) is 9.80 Å². The fourth-order valence-electron chi connectivity index (χ4n) is 7.53. The summed E-state index contributed by atoms with van der Waals surface area (Å²) >= 11 is 0. The monoisotopic (exact) mass is 601 g/mol. The van der Waals surface area contributed by atoms with Gasteiger partial charge in [-0.3, -0.25) is 14.5 Å². The van der Waals surface area contributed by atoms with Crippen molar-refractivity contribution >= 4 is 28.8 Å². The van der Waals surface area contributed by atoms with Gasteiger partial charge in [-0.2, -0.15) is 0 Å². The van der Waals surface area contributed by atoms with Crippen molar-refractivity contribution in [3.63, 3.8) is 0 Å². The minimum absolute atomic E-state index is 0.0325. The van der Waals surface area contributed by atoms with Gasteiger partial charge in [0.05, 0.1) is 28.8 Å². The second-order valence-corrected chi connectivity index (χ2v) is 12.8. The first-order chi connectivity index (χ1) is 20.8. The molecule has 234 valence electrons. The lowest BCUT2D eigenvalue weighted by Crippen LogP contribution is -2.55. The van der Waals surface area contributed by atoms with Crippen LogP contribution in [0.25, 0.3) is 5.76 Å². The summed E-state index contributed by atoms with van der Waals surface area (Å²) in [5.74, 6) is -3.94. The molecule has 3 unspecified atom stereocenters. The molecule has 10 nitrogen and oxygen atoms in total. The van der Waals surface area contributed by atoms with Gasteiger partial charge in [-0.15, -0.1) is 0 Å². The van der Waals surface area contributed by atoms with Crippen LogP contribution in [-0.4, -0.2) is 90.3 Å². The standard InChI is InChI=1S/C34H43N5O5/c1-37(2)23-16-19(12-9-13-39(5)17-18-10-7-6-8-11-18)30(40)26-21(23)14-20-15-22-25(31(41)24(20)32(26)42)28(35)27(34(36)44)33(43)29(22)38(3)4/h6-8,10-11,16,20,22,25,29,35,40,42-43H,9,12-15,17H2,1-5H3,(H2,36,44)/t20?,22?,25?,29-/m0/s1. The molecule has 0 radical (unpaired) electrons. The van der Waals surface area contributed by atoms with E-state index in [2.05, 4.69) is 24.1 Å². The number of primary amides is 1. The third-order valence-corrected chi connectivity index (χ3v) is 9.43. The third-order valence-electron chi connectivity index (χ3n) is 9.43. The molecule has 6 N–H and O–H groups in total. The summed E-state index contributed by atoms with van der Waals surface area (Å²) in [7, 11) is 9.39. The number of phenols is 1. The number of likely N-dealkylation sites (N-methyl/N-ethyl adjacent to an activating group) is 1. The van der Waals surface area contributed by atoms with E-state index in [-0.39, 0.29) is 45.6 Å². The van der Waals surface area contributed by atoms with E-state index >= 15 is 0 Å². The first kappa shape index (κ1) is 31.3. The number of nitrogens with zero attached hydrogens (tertiary/aromatic N) is 3. The fourth-order valence-corrected chi connectivity index (χ4v) is 7.53. The van der Waals surface area contributed by atoms with Crippen LogP contribution >= 0.6 is 0 Å². The summed E-state index contributed by atoms with van der Waals surface area (Å²) in [5.41, 5.74) is 8.87. The van der Waals surface area contributed by atoms with Crippen molar-refractivity contribution < 1.29 is 24.9 Å². The average Bonchev–Trinajstić information content (AvgIpc) is 2.93. The third kappa shape index (κ3) is 5.37. The number of allylic oxidation sites excluding steroid dienone is 1. The summed E-state index contributed by atoms with van der Waals surface area (Å²) < 4.78 is 0. The van der Waals surface area contributed by atoms with Crippen molar-refractivity contribution in [2.24, 2.45) is 23.5 Å². The number of carbonyl (C=O) groups is 2. The Hall–Kier alpha value is -4.15. The second kappa shape index (κ2) is 12.1. The maximum Gasteiger partial charge on any atom is 0.254 e. The number of phenolic OH excluding ortho intramolecular Hbond substituents is 1. The summed E-state index contributed by atoms with van der Waals surface area (Å²) in [5, 5.41) is 43.0. The number of hydrogen-bond acceptors (Lipinski definition) is 9. The lowest BCUT2D eigenvalue weighted by Gasteiger charge is -2.47. The lowest BCUT2D eigenvalue weighted by atomic mass is 9.59. The number of fused-ring (bicyclic) bond motifs is 3. The van der Waals surface area contributed by atoms with Crippen LogP contribution in [0.15, 0.2) is 53.3 Å². The van der Waals surface area contributed by atoms with Crippen molar-refractivity contribution in [2.45, 2.75) is 38.3 Å². The van der Waals surface area contributed by atoms with Gasteiger partial charge < -0.3 is 36.3 Å². The number of aliphatic hydroxyl groups is 2. The highest BCUT2D eigenvalue weighted by molar-refractivity contribution is 6.29. The number of aromatic hydroxyl groups is 1. The smallest absolute Gasteiger partial charge is 0.254 e. The van der Waals surface area contributed by atoms with Gasteiger partial charge in [-0.05, 0) is 88.0 Å². The highest BCUT2D eigenvalue weighted by Crippen LogP contribution is 2.52. The molecule has 0 bridgehead atoms.